The van der Waals surface area contributed by atoms with Crippen LogP contribution in [0.15, 0.2) is 18.2 Å². The molecule has 0 radical (unpaired) electrons. The van der Waals surface area contributed by atoms with Crippen LogP contribution in [0, 0.1) is 5.41 Å². The van der Waals surface area contributed by atoms with E-state index in [1.807, 2.05) is 0 Å². The van der Waals surface area contributed by atoms with Gasteiger partial charge < -0.3 is 5.32 Å². The average Bonchev–Trinajstić information content (AvgIpc) is 2.98. The molecule has 1 saturated carbocycles. The second-order valence-corrected chi connectivity index (χ2v) is 6.37. The normalized spacial score (nSPS) is 21.2. The maximum Gasteiger partial charge on any atom is 0.000799 e. The summed E-state index contributed by atoms with van der Waals surface area (Å²) in [4.78, 5) is 0. The first-order valence-electron chi connectivity index (χ1n) is 7.57. The van der Waals surface area contributed by atoms with Crippen molar-refractivity contribution in [3.05, 3.63) is 34.9 Å². The molecule has 1 heteroatoms. The van der Waals surface area contributed by atoms with Gasteiger partial charge in [0.15, 0.2) is 0 Å². The van der Waals surface area contributed by atoms with Crippen molar-refractivity contribution in [2.45, 2.75) is 51.4 Å². The molecule has 1 nitrogen and oxygen atoms in total. The number of rotatable bonds is 4. The molecule has 1 aromatic carbocycles. The largest absolute Gasteiger partial charge is 0.319 e. The quantitative estimate of drug-likeness (QED) is 0.853. The van der Waals surface area contributed by atoms with Crippen molar-refractivity contribution < 1.29 is 0 Å². The van der Waals surface area contributed by atoms with E-state index in [-0.39, 0.29) is 0 Å². The van der Waals surface area contributed by atoms with Gasteiger partial charge in [0.2, 0.25) is 0 Å². The van der Waals surface area contributed by atoms with Gasteiger partial charge >= 0.3 is 0 Å². The summed E-state index contributed by atoms with van der Waals surface area (Å²) < 4.78 is 0. The zero-order valence-electron chi connectivity index (χ0n) is 11.6. The molecule has 18 heavy (non-hydrogen) atoms. The topological polar surface area (TPSA) is 12.0 Å². The van der Waals surface area contributed by atoms with E-state index in [9.17, 15) is 0 Å². The van der Waals surface area contributed by atoms with Crippen LogP contribution in [-0.2, 0) is 19.3 Å². The Morgan fingerprint density at radius 2 is 1.83 bits per heavy atom. The minimum absolute atomic E-state index is 0.543. The molecule has 3 rings (SSSR count). The van der Waals surface area contributed by atoms with Crippen molar-refractivity contribution in [2.75, 3.05) is 13.6 Å². The van der Waals surface area contributed by atoms with Crippen LogP contribution >= 0.6 is 0 Å². The number of fused-ring (bicyclic) bond motifs is 1. The number of hydrogen-bond acceptors (Lipinski definition) is 1. The van der Waals surface area contributed by atoms with E-state index in [0.717, 1.165) is 0 Å². The summed E-state index contributed by atoms with van der Waals surface area (Å²) in [6.07, 6.45) is 10.9. The zero-order valence-corrected chi connectivity index (χ0v) is 11.6. The molecule has 1 aromatic rings. The Balaban J connectivity index is 1.78. The third kappa shape index (κ3) is 2.33. The van der Waals surface area contributed by atoms with Gasteiger partial charge in [0.25, 0.3) is 0 Å². The maximum atomic E-state index is 3.42. The molecule has 1 fully saturated rings. The van der Waals surface area contributed by atoms with Crippen molar-refractivity contribution >= 4 is 0 Å². The van der Waals surface area contributed by atoms with Gasteiger partial charge in [-0.15, -0.1) is 0 Å². The minimum Gasteiger partial charge on any atom is -0.319 e. The molecule has 1 N–H and O–H groups in total. The summed E-state index contributed by atoms with van der Waals surface area (Å²) in [5.74, 6) is 0. The Bertz CT molecular complexity index is 416. The van der Waals surface area contributed by atoms with Crippen molar-refractivity contribution in [3.8, 4) is 0 Å². The van der Waals surface area contributed by atoms with Crippen LogP contribution in [0.5, 0.6) is 0 Å². The van der Waals surface area contributed by atoms with Gasteiger partial charge in [-0.1, -0.05) is 31.0 Å². The third-order valence-electron chi connectivity index (χ3n) is 4.96. The van der Waals surface area contributed by atoms with Crippen LogP contribution in [0.2, 0.25) is 0 Å². The molecular formula is C17H25N. The van der Waals surface area contributed by atoms with E-state index in [0.29, 0.717) is 5.41 Å². The van der Waals surface area contributed by atoms with Crippen LogP contribution < -0.4 is 5.32 Å². The molecule has 2 aliphatic carbocycles. The lowest BCUT2D eigenvalue weighted by molar-refractivity contribution is 0.286. The molecule has 0 aliphatic heterocycles. The Labute approximate surface area is 111 Å². The molecular weight excluding hydrogens is 218 g/mol. The summed E-state index contributed by atoms with van der Waals surface area (Å²) in [6, 6.07) is 7.28. The SMILES string of the molecule is CNCC1(Cc2ccc3c(c2)CCC3)CCCC1. The van der Waals surface area contributed by atoms with E-state index in [1.165, 1.54) is 57.9 Å². The fraction of sp³-hybridized carbons (Fsp3) is 0.647. The average molecular weight is 243 g/mol. The monoisotopic (exact) mass is 243 g/mol. The molecule has 0 heterocycles. The Hall–Kier alpha value is -0.820. The third-order valence-corrected chi connectivity index (χ3v) is 4.96. The minimum atomic E-state index is 0.543. The van der Waals surface area contributed by atoms with Gasteiger partial charge in [0.05, 0.1) is 0 Å². The van der Waals surface area contributed by atoms with Gasteiger partial charge in [-0.05, 0) is 67.7 Å². The molecule has 0 atom stereocenters. The molecule has 98 valence electrons. The number of hydrogen-bond donors (Lipinski definition) is 1. The number of aryl methyl sites for hydroxylation is 2. The predicted octanol–water partition coefficient (Wildman–Crippen LogP) is 3.50. The summed E-state index contributed by atoms with van der Waals surface area (Å²) >= 11 is 0. The van der Waals surface area contributed by atoms with Crippen LogP contribution in [0.1, 0.15) is 48.8 Å². The first-order chi connectivity index (χ1) is 8.81. The van der Waals surface area contributed by atoms with Gasteiger partial charge in [-0.3, -0.25) is 0 Å². The summed E-state index contributed by atoms with van der Waals surface area (Å²) in [7, 11) is 2.10. The van der Waals surface area contributed by atoms with Gasteiger partial charge in [0.1, 0.15) is 0 Å². The number of benzene rings is 1. The molecule has 0 unspecified atom stereocenters. The van der Waals surface area contributed by atoms with Crippen molar-refractivity contribution in [1.29, 1.82) is 0 Å². The summed E-state index contributed by atoms with van der Waals surface area (Å²) in [6.45, 7) is 1.18. The fourth-order valence-electron chi connectivity index (χ4n) is 4.08. The van der Waals surface area contributed by atoms with E-state index < -0.39 is 0 Å². The van der Waals surface area contributed by atoms with Crippen LogP contribution in [0.3, 0.4) is 0 Å². The summed E-state index contributed by atoms with van der Waals surface area (Å²) in [5, 5.41) is 3.42. The Kier molecular flexibility index (Phi) is 3.43. The highest BCUT2D eigenvalue weighted by atomic mass is 14.8. The standard InChI is InChI=1S/C17H25N/c1-18-13-17(9-2-3-10-17)12-14-7-8-15-5-4-6-16(15)11-14/h7-8,11,18H,2-6,9-10,12-13H2,1H3. The van der Waals surface area contributed by atoms with Crippen molar-refractivity contribution in [3.63, 3.8) is 0 Å². The number of nitrogens with one attached hydrogen (secondary N) is 1. The Morgan fingerprint density at radius 3 is 2.61 bits per heavy atom. The second kappa shape index (κ2) is 5.05. The lowest BCUT2D eigenvalue weighted by Gasteiger charge is -2.29. The van der Waals surface area contributed by atoms with Crippen LogP contribution in [-0.4, -0.2) is 13.6 Å². The predicted molar refractivity (Wildman–Crippen MR) is 77.0 cm³/mol. The smallest absolute Gasteiger partial charge is 0.000799 e. The fourth-order valence-corrected chi connectivity index (χ4v) is 4.08. The molecule has 0 saturated heterocycles. The second-order valence-electron chi connectivity index (χ2n) is 6.37. The van der Waals surface area contributed by atoms with E-state index in [1.54, 1.807) is 16.7 Å². The van der Waals surface area contributed by atoms with Crippen molar-refractivity contribution in [2.24, 2.45) is 5.41 Å². The van der Waals surface area contributed by atoms with Gasteiger partial charge in [0, 0.05) is 6.54 Å². The van der Waals surface area contributed by atoms with E-state index >= 15 is 0 Å². The Morgan fingerprint density at radius 1 is 1.06 bits per heavy atom. The molecule has 0 bridgehead atoms. The maximum absolute atomic E-state index is 3.42. The molecule has 0 amide bonds. The van der Waals surface area contributed by atoms with Gasteiger partial charge in [-0.2, -0.15) is 0 Å². The highest BCUT2D eigenvalue weighted by Crippen LogP contribution is 2.40. The highest BCUT2D eigenvalue weighted by molar-refractivity contribution is 5.35. The zero-order chi connectivity index (χ0) is 12.4. The van der Waals surface area contributed by atoms with Gasteiger partial charge in [-0.25, -0.2) is 0 Å². The molecule has 0 aromatic heterocycles. The first kappa shape index (κ1) is 12.2. The lowest BCUT2D eigenvalue weighted by atomic mass is 9.79. The molecule has 2 aliphatic rings. The van der Waals surface area contributed by atoms with Crippen molar-refractivity contribution in [1.82, 2.24) is 5.32 Å². The molecule has 0 spiro atoms. The highest BCUT2D eigenvalue weighted by Gasteiger charge is 2.33. The first-order valence-corrected chi connectivity index (χ1v) is 7.57. The lowest BCUT2D eigenvalue weighted by Crippen LogP contribution is -2.32. The summed E-state index contributed by atoms with van der Waals surface area (Å²) in [5.41, 5.74) is 5.35. The van der Waals surface area contributed by atoms with E-state index in [4.69, 9.17) is 0 Å². The van der Waals surface area contributed by atoms with Crippen LogP contribution in [0.4, 0.5) is 0 Å². The van der Waals surface area contributed by atoms with E-state index in [2.05, 4.69) is 30.6 Å². The van der Waals surface area contributed by atoms with Crippen LogP contribution in [0.25, 0.3) is 0 Å².